The Labute approximate surface area is 670 Å². The lowest BCUT2D eigenvalue weighted by Gasteiger charge is -2.13. The van der Waals surface area contributed by atoms with E-state index in [0.29, 0.717) is 46.6 Å². The van der Waals surface area contributed by atoms with Gasteiger partial charge in [0.1, 0.15) is 0 Å². The molecule has 21 rings (SSSR count). The van der Waals surface area contributed by atoms with Crippen LogP contribution in [0.2, 0.25) is 0 Å². The lowest BCUT2D eigenvalue weighted by Crippen LogP contribution is -2.00. The van der Waals surface area contributed by atoms with Crippen molar-refractivity contribution in [2.75, 3.05) is 0 Å². The van der Waals surface area contributed by atoms with E-state index in [1.165, 1.54) is 48.5 Å². The molecule has 10 nitrogen and oxygen atoms in total. The molecule has 0 bridgehead atoms. The number of nitrogens with zero attached hydrogens (tertiary/aromatic N) is 10. The van der Waals surface area contributed by atoms with Gasteiger partial charge in [-0.15, -0.1) is 0 Å². The zero-order valence-electron chi connectivity index (χ0n) is 62.7. The van der Waals surface area contributed by atoms with Crippen molar-refractivity contribution in [3.63, 3.8) is 0 Å². The Kier molecular flexibility index (Phi) is 18.4. The number of hydrogen-bond acceptors (Lipinski definition) is 10. The Morgan fingerprint density at radius 1 is 0.103 bits per heavy atom. The van der Waals surface area contributed by atoms with Gasteiger partial charge in [-0.2, -0.15) is 0 Å². The molecule has 0 spiro atoms. The van der Waals surface area contributed by atoms with Crippen molar-refractivity contribution in [1.82, 2.24) is 49.8 Å². The van der Waals surface area contributed by atoms with E-state index < -0.39 is 0 Å². The SMILES string of the molecule is c1ccc(-c2cc(-c3cccc(-c4ccc(-c5nc(-c6ccccc6)nc(-c6ccc7c8ccccc8c8ccccc8c7c6)n5)cc4)c3)nc(-c3ccccc3)n2)cc1.c1ccc(-c2cc(-c3cccc(-c4ccc(-c5nc(-c6ccccc6)nc(-c6ccccc6)n5)cc4)c3)nc(-c3ccc4c(ccc5ccccc54)c3)n2)cc1. The molecule has 542 valence electrons. The van der Waals surface area contributed by atoms with E-state index in [4.69, 9.17) is 49.8 Å². The van der Waals surface area contributed by atoms with E-state index in [-0.39, 0.29) is 0 Å². The fourth-order valence-corrected chi connectivity index (χ4v) is 15.4. The Morgan fingerprint density at radius 3 is 0.750 bits per heavy atom. The third kappa shape index (κ3) is 14.1. The highest BCUT2D eigenvalue weighted by molar-refractivity contribution is 6.25. The van der Waals surface area contributed by atoms with Gasteiger partial charge in [-0.05, 0) is 113 Å². The van der Waals surface area contributed by atoms with Crippen molar-refractivity contribution in [3.8, 4) is 158 Å². The molecule has 116 heavy (non-hydrogen) atoms. The summed E-state index contributed by atoms with van der Waals surface area (Å²) in [7, 11) is 0. The van der Waals surface area contributed by atoms with Crippen LogP contribution in [0, 0.1) is 0 Å². The van der Waals surface area contributed by atoms with Crippen LogP contribution in [-0.2, 0) is 0 Å². The lowest BCUT2D eigenvalue weighted by molar-refractivity contribution is 1.07. The van der Waals surface area contributed by atoms with Crippen LogP contribution in [-0.4, -0.2) is 49.8 Å². The van der Waals surface area contributed by atoms with E-state index >= 15 is 0 Å². The quantitative estimate of drug-likeness (QED) is 0.0971. The monoisotopic (exact) mass is 1480 g/mol. The maximum absolute atomic E-state index is 5.19. The van der Waals surface area contributed by atoms with Gasteiger partial charge >= 0.3 is 0 Å². The average molecular weight is 1480 g/mol. The van der Waals surface area contributed by atoms with Gasteiger partial charge in [-0.3, -0.25) is 0 Å². The van der Waals surface area contributed by atoms with Crippen LogP contribution in [0.25, 0.3) is 212 Å². The Hall–Kier alpha value is -15.8. The first kappa shape index (κ1) is 69.4. The third-order valence-corrected chi connectivity index (χ3v) is 21.3. The van der Waals surface area contributed by atoms with E-state index in [1.54, 1.807) is 0 Å². The van der Waals surface area contributed by atoms with Gasteiger partial charge < -0.3 is 0 Å². The molecule has 0 aliphatic heterocycles. The molecule has 0 unspecified atom stereocenters. The molecule has 4 aromatic heterocycles. The van der Waals surface area contributed by atoms with E-state index in [1.807, 2.05) is 146 Å². The summed E-state index contributed by atoms with van der Waals surface area (Å²) >= 11 is 0. The van der Waals surface area contributed by atoms with Crippen LogP contribution in [0.15, 0.2) is 413 Å². The fraction of sp³-hybridized carbons (Fsp3) is 0. The molecule has 17 aromatic carbocycles. The second kappa shape index (κ2) is 30.8. The van der Waals surface area contributed by atoms with Crippen LogP contribution in [0.4, 0.5) is 0 Å². The van der Waals surface area contributed by atoms with Crippen molar-refractivity contribution in [1.29, 1.82) is 0 Å². The van der Waals surface area contributed by atoms with E-state index in [2.05, 4.69) is 267 Å². The summed E-state index contributed by atoms with van der Waals surface area (Å²) < 4.78 is 0. The average Bonchev–Trinajstić information content (AvgIpc) is 0.742. The van der Waals surface area contributed by atoms with Crippen molar-refractivity contribution in [2.24, 2.45) is 0 Å². The second-order valence-corrected chi connectivity index (χ2v) is 28.6. The number of rotatable bonds is 14. The minimum absolute atomic E-state index is 0.616. The second-order valence-electron chi connectivity index (χ2n) is 28.6. The van der Waals surface area contributed by atoms with Crippen LogP contribution in [0.1, 0.15) is 0 Å². The topological polar surface area (TPSA) is 129 Å². The van der Waals surface area contributed by atoms with Crippen molar-refractivity contribution >= 4 is 53.9 Å². The van der Waals surface area contributed by atoms with Gasteiger partial charge in [0.2, 0.25) is 0 Å². The molecule has 0 fully saturated rings. The van der Waals surface area contributed by atoms with Crippen molar-refractivity contribution in [2.45, 2.75) is 0 Å². The molecule has 0 aliphatic rings. The summed E-state index contributed by atoms with van der Waals surface area (Å²) in [6, 6.07) is 142. The summed E-state index contributed by atoms with van der Waals surface area (Å²) in [5.41, 5.74) is 19.4. The fourth-order valence-electron chi connectivity index (χ4n) is 15.4. The Balaban J connectivity index is 0.000000150. The first-order valence-electron chi connectivity index (χ1n) is 38.7. The normalized spacial score (nSPS) is 11.3. The van der Waals surface area contributed by atoms with Crippen LogP contribution >= 0.6 is 0 Å². The van der Waals surface area contributed by atoms with Gasteiger partial charge in [0.25, 0.3) is 0 Å². The Morgan fingerprint density at radius 2 is 0.345 bits per heavy atom. The van der Waals surface area contributed by atoms with Gasteiger partial charge in [0.15, 0.2) is 46.6 Å². The number of fused-ring (bicyclic) bond motifs is 9. The molecule has 0 aliphatic carbocycles. The highest BCUT2D eigenvalue weighted by Crippen LogP contribution is 2.40. The van der Waals surface area contributed by atoms with Crippen molar-refractivity contribution in [3.05, 3.63) is 413 Å². The molecular formula is C106H68N10. The summed E-state index contributed by atoms with van der Waals surface area (Å²) in [5, 5.41) is 12.1. The molecule has 21 aromatic rings. The Bertz CT molecular complexity index is 7070. The zero-order chi connectivity index (χ0) is 77.1. The standard InChI is InChI=1S/C55H35N5.C51H33N5/c1-4-15-37(16-5-1)50-35-51(57-52(56-50)38-17-6-2-7-18-38)42-22-14-21-41(33-42)36-27-29-40(30-28-36)54-58-53(39-19-8-3-9-20-39)59-55(60-54)43-31-32-48-46-25-11-10-23-44(46)45-24-12-13-26-47(45)49(48)34-43;1-4-14-36(15-5-1)46-33-47(53-51(52-46)43-29-30-45-41(32-43)28-25-35-13-10-11-22-44(35)45)42-21-12-20-40(31-42)34-23-26-39(27-24-34)50-55-48(37-16-6-2-7-17-37)54-49(56-50)38-18-8-3-9-19-38/h1-35H;1-33H. The summed E-state index contributed by atoms with van der Waals surface area (Å²) in [4.78, 5) is 50.3. The lowest BCUT2D eigenvalue weighted by atomic mass is 9.93. The maximum Gasteiger partial charge on any atom is 0.164 e. The van der Waals surface area contributed by atoms with Crippen LogP contribution < -0.4 is 0 Å². The number of hydrogen-bond donors (Lipinski definition) is 0. The van der Waals surface area contributed by atoms with Crippen LogP contribution in [0.3, 0.4) is 0 Å². The predicted octanol–water partition coefficient (Wildman–Crippen LogP) is 26.4. The summed E-state index contributed by atoms with van der Waals surface area (Å²) in [5.74, 6) is 5.17. The van der Waals surface area contributed by atoms with Gasteiger partial charge in [-0.25, -0.2) is 49.8 Å². The molecule has 0 radical (unpaired) electrons. The molecule has 4 heterocycles. The van der Waals surface area contributed by atoms with Gasteiger partial charge in [-0.1, -0.05) is 376 Å². The predicted molar refractivity (Wildman–Crippen MR) is 474 cm³/mol. The molecule has 0 saturated carbocycles. The molecular weight excluding hydrogens is 1410 g/mol. The summed E-state index contributed by atoms with van der Waals surface area (Å²) in [6.45, 7) is 0. The van der Waals surface area contributed by atoms with Crippen LogP contribution in [0.5, 0.6) is 0 Å². The summed E-state index contributed by atoms with van der Waals surface area (Å²) in [6.07, 6.45) is 0. The van der Waals surface area contributed by atoms with Crippen molar-refractivity contribution < 1.29 is 0 Å². The molecule has 10 heteroatoms. The third-order valence-electron chi connectivity index (χ3n) is 21.3. The van der Waals surface area contributed by atoms with Gasteiger partial charge in [0.05, 0.1) is 22.8 Å². The van der Waals surface area contributed by atoms with E-state index in [9.17, 15) is 0 Å². The van der Waals surface area contributed by atoms with E-state index in [0.717, 1.165) is 117 Å². The number of aromatic nitrogens is 10. The highest BCUT2D eigenvalue weighted by Gasteiger charge is 2.20. The minimum Gasteiger partial charge on any atom is -0.228 e. The van der Waals surface area contributed by atoms with Gasteiger partial charge in [0, 0.05) is 66.8 Å². The highest BCUT2D eigenvalue weighted by atomic mass is 15.0. The largest absolute Gasteiger partial charge is 0.228 e. The zero-order valence-corrected chi connectivity index (χ0v) is 62.7. The molecule has 0 amide bonds. The number of benzene rings is 17. The maximum atomic E-state index is 5.19. The first-order chi connectivity index (χ1) is 57.4. The molecule has 0 N–H and O–H groups in total. The minimum atomic E-state index is 0.616. The first-order valence-corrected chi connectivity index (χ1v) is 38.7. The molecule has 0 atom stereocenters. The smallest absolute Gasteiger partial charge is 0.164 e. The molecule has 0 saturated heterocycles.